The molecular weight excluding hydrogens is 340 g/mol. The number of nitrogens with zero attached hydrogens (tertiary/aromatic N) is 3. The van der Waals surface area contributed by atoms with Crippen LogP contribution in [0.3, 0.4) is 0 Å². The average molecular weight is 366 g/mol. The number of benzene rings is 1. The zero-order chi connectivity index (χ0) is 18.4. The number of nitrogens with one attached hydrogen (secondary N) is 1. The standard InChI is InChI=1S/C17H26N4O3S/c1-4-14-5-7-16(8-6-14)21(25(3,23)24)13-17(22)19-18-15-9-11-20(2)12-10-15/h5-8H,4,9-13H2,1-3H3,(H,19,22). The highest BCUT2D eigenvalue weighted by Crippen LogP contribution is 2.18. The van der Waals surface area contributed by atoms with Gasteiger partial charge in [0.25, 0.3) is 5.91 Å². The minimum absolute atomic E-state index is 0.291. The summed E-state index contributed by atoms with van der Waals surface area (Å²) in [5.74, 6) is -0.448. The van der Waals surface area contributed by atoms with Crippen molar-refractivity contribution in [3.05, 3.63) is 29.8 Å². The molecule has 8 heteroatoms. The van der Waals surface area contributed by atoms with Crippen LogP contribution in [0.2, 0.25) is 0 Å². The van der Waals surface area contributed by atoms with Gasteiger partial charge in [-0.2, -0.15) is 5.10 Å². The quantitative estimate of drug-likeness (QED) is 0.768. The fraction of sp³-hybridized carbons (Fsp3) is 0.529. The number of anilines is 1. The molecule has 1 N–H and O–H groups in total. The van der Waals surface area contributed by atoms with Gasteiger partial charge < -0.3 is 4.90 Å². The molecule has 2 rings (SSSR count). The second kappa shape index (κ2) is 8.44. The summed E-state index contributed by atoms with van der Waals surface area (Å²) in [6, 6.07) is 7.17. The molecule has 1 aromatic rings. The lowest BCUT2D eigenvalue weighted by atomic mass is 10.1. The number of rotatable bonds is 6. The third kappa shape index (κ3) is 5.82. The molecule has 0 radical (unpaired) electrons. The Bertz CT molecular complexity index is 719. The fourth-order valence-corrected chi connectivity index (χ4v) is 3.45. The first kappa shape index (κ1) is 19.4. The number of piperidine rings is 1. The van der Waals surface area contributed by atoms with Gasteiger partial charge in [0.15, 0.2) is 0 Å². The molecule has 0 saturated carbocycles. The van der Waals surface area contributed by atoms with Crippen LogP contribution in [0.1, 0.15) is 25.3 Å². The highest BCUT2D eigenvalue weighted by molar-refractivity contribution is 7.92. The normalized spacial score (nSPS) is 15.7. The van der Waals surface area contributed by atoms with E-state index in [1.807, 2.05) is 26.1 Å². The number of hydrogen-bond donors (Lipinski definition) is 1. The van der Waals surface area contributed by atoms with Crippen molar-refractivity contribution in [2.75, 3.05) is 37.2 Å². The summed E-state index contributed by atoms with van der Waals surface area (Å²) in [5.41, 5.74) is 5.00. The van der Waals surface area contributed by atoms with Crippen LogP contribution in [0.25, 0.3) is 0 Å². The molecule has 1 amide bonds. The van der Waals surface area contributed by atoms with Crippen molar-refractivity contribution in [1.29, 1.82) is 0 Å². The third-order valence-electron chi connectivity index (χ3n) is 4.22. The molecule has 0 aliphatic carbocycles. The van der Waals surface area contributed by atoms with E-state index in [2.05, 4.69) is 15.4 Å². The zero-order valence-electron chi connectivity index (χ0n) is 15.0. The largest absolute Gasteiger partial charge is 0.306 e. The summed E-state index contributed by atoms with van der Waals surface area (Å²) in [4.78, 5) is 14.4. The van der Waals surface area contributed by atoms with Gasteiger partial charge in [0, 0.05) is 31.6 Å². The molecule has 0 spiro atoms. The number of hydrogen-bond acceptors (Lipinski definition) is 5. The maximum Gasteiger partial charge on any atom is 0.260 e. The second-order valence-corrected chi connectivity index (χ2v) is 8.21. The summed E-state index contributed by atoms with van der Waals surface area (Å²) >= 11 is 0. The van der Waals surface area contributed by atoms with E-state index in [9.17, 15) is 13.2 Å². The van der Waals surface area contributed by atoms with Crippen LogP contribution in [0.5, 0.6) is 0 Å². The molecule has 25 heavy (non-hydrogen) atoms. The second-order valence-electron chi connectivity index (χ2n) is 6.31. The molecule has 1 aliphatic heterocycles. The van der Waals surface area contributed by atoms with Crippen LogP contribution in [-0.2, 0) is 21.2 Å². The van der Waals surface area contributed by atoms with Crippen LogP contribution in [0.15, 0.2) is 29.4 Å². The van der Waals surface area contributed by atoms with Gasteiger partial charge in [-0.3, -0.25) is 9.10 Å². The number of carbonyl (C=O) groups is 1. The van der Waals surface area contributed by atoms with Crippen LogP contribution in [-0.4, -0.2) is 57.9 Å². The van der Waals surface area contributed by atoms with Crippen molar-refractivity contribution in [3.63, 3.8) is 0 Å². The summed E-state index contributed by atoms with van der Waals surface area (Å²) in [5, 5.41) is 4.14. The first-order valence-electron chi connectivity index (χ1n) is 8.39. The Morgan fingerprint density at radius 2 is 1.84 bits per heavy atom. The first-order chi connectivity index (χ1) is 11.8. The smallest absolute Gasteiger partial charge is 0.260 e. The lowest BCUT2D eigenvalue weighted by molar-refractivity contribution is -0.119. The van der Waals surface area contributed by atoms with E-state index < -0.39 is 15.9 Å². The maximum absolute atomic E-state index is 12.2. The third-order valence-corrected chi connectivity index (χ3v) is 5.36. The van der Waals surface area contributed by atoms with E-state index in [1.165, 1.54) is 0 Å². The van der Waals surface area contributed by atoms with E-state index in [0.717, 1.165) is 54.2 Å². The lowest BCUT2D eigenvalue weighted by Gasteiger charge is -2.23. The molecule has 0 bridgehead atoms. The topological polar surface area (TPSA) is 82.1 Å². The van der Waals surface area contributed by atoms with E-state index in [1.54, 1.807) is 12.1 Å². The van der Waals surface area contributed by atoms with E-state index >= 15 is 0 Å². The number of carbonyl (C=O) groups excluding carboxylic acids is 1. The molecule has 1 aliphatic rings. The summed E-state index contributed by atoms with van der Waals surface area (Å²) in [7, 11) is -1.52. The summed E-state index contributed by atoms with van der Waals surface area (Å²) in [6.45, 7) is 3.56. The Kier molecular flexibility index (Phi) is 6.55. The van der Waals surface area contributed by atoms with Crippen LogP contribution in [0, 0.1) is 0 Å². The Morgan fingerprint density at radius 1 is 1.24 bits per heavy atom. The summed E-state index contributed by atoms with van der Waals surface area (Å²) < 4.78 is 25.2. The number of sulfonamides is 1. The molecule has 7 nitrogen and oxygen atoms in total. The molecular formula is C17H26N4O3S. The van der Waals surface area contributed by atoms with E-state index in [0.29, 0.717) is 5.69 Å². The van der Waals surface area contributed by atoms with Gasteiger partial charge in [0.2, 0.25) is 10.0 Å². The first-order valence-corrected chi connectivity index (χ1v) is 10.2. The number of hydrazone groups is 1. The van der Waals surface area contributed by atoms with Crippen LogP contribution >= 0.6 is 0 Å². The van der Waals surface area contributed by atoms with Crippen LogP contribution < -0.4 is 9.73 Å². The zero-order valence-corrected chi connectivity index (χ0v) is 15.8. The number of aryl methyl sites for hydroxylation is 1. The maximum atomic E-state index is 12.2. The van der Waals surface area contributed by atoms with Gasteiger partial charge >= 0.3 is 0 Å². The van der Waals surface area contributed by atoms with Crippen molar-refractivity contribution in [1.82, 2.24) is 10.3 Å². The molecule has 138 valence electrons. The van der Waals surface area contributed by atoms with Crippen molar-refractivity contribution in [3.8, 4) is 0 Å². The Labute approximate surface area is 149 Å². The Morgan fingerprint density at radius 3 is 2.36 bits per heavy atom. The highest BCUT2D eigenvalue weighted by Gasteiger charge is 2.21. The number of amides is 1. The van der Waals surface area contributed by atoms with Crippen LogP contribution in [0.4, 0.5) is 5.69 Å². The SMILES string of the molecule is CCc1ccc(N(CC(=O)NN=C2CCN(C)CC2)S(C)(=O)=O)cc1. The average Bonchev–Trinajstić information content (AvgIpc) is 2.58. The van der Waals surface area contributed by atoms with E-state index in [-0.39, 0.29) is 6.54 Å². The van der Waals surface area contributed by atoms with Crippen molar-refractivity contribution in [2.24, 2.45) is 5.10 Å². The van der Waals surface area contributed by atoms with Gasteiger partial charge in [0.1, 0.15) is 6.54 Å². The minimum Gasteiger partial charge on any atom is -0.306 e. The molecule has 1 heterocycles. The number of likely N-dealkylation sites (tertiary alicyclic amines) is 1. The molecule has 0 atom stereocenters. The summed E-state index contributed by atoms with van der Waals surface area (Å²) in [6.07, 6.45) is 3.58. The van der Waals surface area contributed by atoms with Crippen molar-refractivity contribution in [2.45, 2.75) is 26.2 Å². The van der Waals surface area contributed by atoms with Gasteiger partial charge in [-0.05, 0) is 31.2 Å². The molecule has 1 aromatic carbocycles. The van der Waals surface area contributed by atoms with Crippen molar-refractivity contribution < 1.29 is 13.2 Å². The Hall–Kier alpha value is -1.93. The molecule has 1 fully saturated rings. The minimum atomic E-state index is -3.57. The Balaban J connectivity index is 2.04. The van der Waals surface area contributed by atoms with Crippen molar-refractivity contribution >= 4 is 27.3 Å². The molecule has 0 aromatic heterocycles. The van der Waals surface area contributed by atoms with E-state index in [4.69, 9.17) is 0 Å². The predicted octanol–water partition coefficient (Wildman–Crippen LogP) is 1.21. The fourth-order valence-electron chi connectivity index (χ4n) is 2.59. The highest BCUT2D eigenvalue weighted by atomic mass is 32.2. The van der Waals surface area contributed by atoms with Gasteiger partial charge in [-0.1, -0.05) is 19.1 Å². The molecule has 1 saturated heterocycles. The molecule has 0 unspecified atom stereocenters. The van der Waals surface area contributed by atoms with Gasteiger partial charge in [-0.25, -0.2) is 13.8 Å². The van der Waals surface area contributed by atoms with Gasteiger partial charge in [0.05, 0.1) is 11.9 Å². The predicted molar refractivity (Wildman–Crippen MR) is 100 cm³/mol. The lowest BCUT2D eigenvalue weighted by Crippen LogP contribution is -2.39. The monoisotopic (exact) mass is 366 g/mol. The van der Waals surface area contributed by atoms with Gasteiger partial charge in [-0.15, -0.1) is 0 Å².